The average Bonchev–Trinajstić information content (AvgIpc) is 2.82. The molecule has 1 aromatic heterocycles. The van der Waals surface area contributed by atoms with E-state index < -0.39 is 0 Å². The van der Waals surface area contributed by atoms with Crippen LogP contribution in [0.2, 0.25) is 5.02 Å². The zero-order chi connectivity index (χ0) is 15.5. The molecule has 6 heteroatoms. The minimum Gasteiger partial charge on any atom is -0.312 e. The molecule has 0 radical (unpaired) electrons. The van der Waals surface area contributed by atoms with Crippen molar-refractivity contribution in [1.29, 1.82) is 0 Å². The number of nitrogens with zero attached hydrogens (tertiary/aromatic N) is 2. The predicted octanol–water partition coefficient (Wildman–Crippen LogP) is 4.32. The first-order valence-corrected chi connectivity index (χ1v) is 8.08. The zero-order valence-corrected chi connectivity index (χ0v) is 14.0. The van der Waals surface area contributed by atoms with Gasteiger partial charge in [0.1, 0.15) is 10.8 Å². The second kappa shape index (κ2) is 6.81. The van der Waals surface area contributed by atoms with Gasteiger partial charge in [-0.2, -0.15) is 0 Å². The van der Waals surface area contributed by atoms with Crippen LogP contribution in [0.15, 0.2) is 18.2 Å². The lowest BCUT2D eigenvalue weighted by Crippen LogP contribution is -2.36. The molecule has 0 fully saturated rings. The standard InChI is InChI=1S/C15H19ClFN3S/c1-15(2,3)18-9-5-8-12-19-20-14(21-12)13-10(16)6-4-7-11(13)17/h4,6-7,18H,5,8-9H2,1-3H3. The van der Waals surface area contributed by atoms with Gasteiger partial charge in [0.25, 0.3) is 0 Å². The van der Waals surface area contributed by atoms with Gasteiger partial charge in [0.05, 0.1) is 10.6 Å². The fourth-order valence-corrected chi connectivity index (χ4v) is 3.11. The smallest absolute Gasteiger partial charge is 0.152 e. The van der Waals surface area contributed by atoms with Gasteiger partial charge in [-0.05, 0) is 45.9 Å². The fraction of sp³-hybridized carbons (Fsp3) is 0.467. The number of hydrogen-bond donors (Lipinski definition) is 1. The molecule has 0 spiro atoms. The second-order valence-electron chi connectivity index (χ2n) is 5.88. The van der Waals surface area contributed by atoms with Gasteiger partial charge in [-0.15, -0.1) is 10.2 Å². The molecule has 0 bridgehead atoms. The minimum absolute atomic E-state index is 0.118. The summed E-state index contributed by atoms with van der Waals surface area (Å²) in [4.78, 5) is 0. The molecule has 0 aliphatic heterocycles. The Balaban J connectivity index is 1.99. The molecule has 3 nitrogen and oxygen atoms in total. The van der Waals surface area contributed by atoms with E-state index in [0.29, 0.717) is 15.6 Å². The van der Waals surface area contributed by atoms with Crippen molar-refractivity contribution >= 4 is 22.9 Å². The molecule has 0 aliphatic rings. The van der Waals surface area contributed by atoms with Crippen molar-refractivity contribution < 1.29 is 4.39 Å². The average molecular weight is 328 g/mol. The number of hydrogen-bond acceptors (Lipinski definition) is 4. The molecule has 0 unspecified atom stereocenters. The van der Waals surface area contributed by atoms with Gasteiger partial charge in [0.2, 0.25) is 0 Å². The lowest BCUT2D eigenvalue weighted by atomic mass is 10.1. The Morgan fingerprint density at radius 3 is 2.71 bits per heavy atom. The lowest BCUT2D eigenvalue weighted by Gasteiger charge is -2.20. The largest absolute Gasteiger partial charge is 0.312 e. The number of aryl methyl sites for hydroxylation is 1. The molecule has 1 heterocycles. The SMILES string of the molecule is CC(C)(C)NCCCc1nnc(-c2c(F)cccc2Cl)s1. The molecule has 21 heavy (non-hydrogen) atoms. The van der Waals surface area contributed by atoms with E-state index in [2.05, 4.69) is 36.3 Å². The molecule has 0 aliphatic carbocycles. The summed E-state index contributed by atoms with van der Waals surface area (Å²) in [7, 11) is 0. The third kappa shape index (κ3) is 4.73. The van der Waals surface area contributed by atoms with Crippen molar-refractivity contribution in [1.82, 2.24) is 15.5 Å². The van der Waals surface area contributed by atoms with E-state index >= 15 is 0 Å². The molecule has 0 saturated carbocycles. The summed E-state index contributed by atoms with van der Waals surface area (Å²) in [6.45, 7) is 7.32. The summed E-state index contributed by atoms with van der Waals surface area (Å²) in [5.74, 6) is -0.361. The summed E-state index contributed by atoms with van der Waals surface area (Å²) in [6.07, 6.45) is 1.80. The highest BCUT2D eigenvalue weighted by atomic mass is 35.5. The van der Waals surface area contributed by atoms with Crippen LogP contribution in [0.3, 0.4) is 0 Å². The third-order valence-corrected chi connectivity index (χ3v) is 4.18. The molecule has 114 valence electrons. The van der Waals surface area contributed by atoms with Crippen molar-refractivity contribution in [3.63, 3.8) is 0 Å². The number of halogens is 2. The zero-order valence-electron chi connectivity index (χ0n) is 12.4. The van der Waals surface area contributed by atoms with Gasteiger partial charge in [-0.3, -0.25) is 0 Å². The van der Waals surface area contributed by atoms with Gasteiger partial charge in [0.15, 0.2) is 5.01 Å². The maximum atomic E-state index is 13.8. The quantitative estimate of drug-likeness (QED) is 0.831. The van der Waals surface area contributed by atoms with Gasteiger partial charge >= 0.3 is 0 Å². The van der Waals surface area contributed by atoms with E-state index in [0.717, 1.165) is 24.4 Å². The molecular formula is C15H19ClFN3S. The Morgan fingerprint density at radius 1 is 1.29 bits per heavy atom. The number of rotatable bonds is 5. The first-order chi connectivity index (χ1) is 9.87. The maximum Gasteiger partial charge on any atom is 0.152 e. The molecule has 0 saturated heterocycles. The van der Waals surface area contributed by atoms with E-state index in [1.54, 1.807) is 12.1 Å². The van der Waals surface area contributed by atoms with Crippen LogP contribution in [0, 0.1) is 5.82 Å². The number of benzene rings is 1. The van der Waals surface area contributed by atoms with Crippen LogP contribution in [-0.4, -0.2) is 22.3 Å². The van der Waals surface area contributed by atoms with E-state index in [1.165, 1.54) is 17.4 Å². The molecular weight excluding hydrogens is 309 g/mol. The Morgan fingerprint density at radius 2 is 2.05 bits per heavy atom. The van der Waals surface area contributed by atoms with Crippen LogP contribution in [0.25, 0.3) is 10.6 Å². The van der Waals surface area contributed by atoms with E-state index in [1.807, 2.05) is 0 Å². The summed E-state index contributed by atoms with van der Waals surface area (Å²) >= 11 is 7.44. The Bertz CT molecular complexity index is 587. The topological polar surface area (TPSA) is 37.8 Å². The van der Waals surface area contributed by atoms with Crippen LogP contribution in [0.4, 0.5) is 4.39 Å². The summed E-state index contributed by atoms with van der Waals surface area (Å²) in [6, 6.07) is 4.63. The third-order valence-electron chi connectivity index (χ3n) is 2.87. The molecule has 0 amide bonds. The van der Waals surface area contributed by atoms with Crippen molar-refractivity contribution in [3.8, 4) is 10.6 Å². The first kappa shape index (κ1) is 16.3. The van der Waals surface area contributed by atoms with Gasteiger partial charge in [0, 0.05) is 12.0 Å². The first-order valence-electron chi connectivity index (χ1n) is 6.88. The van der Waals surface area contributed by atoms with E-state index in [9.17, 15) is 4.39 Å². The van der Waals surface area contributed by atoms with Crippen LogP contribution in [0.5, 0.6) is 0 Å². The van der Waals surface area contributed by atoms with Crippen LogP contribution in [0.1, 0.15) is 32.2 Å². The summed E-state index contributed by atoms with van der Waals surface area (Å²) in [5, 5.41) is 13.4. The summed E-state index contributed by atoms with van der Waals surface area (Å²) < 4.78 is 13.8. The monoisotopic (exact) mass is 327 g/mol. The normalized spacial score (nSPS) is 11.9. The number of aromatic nitrogens is 2. The van der Waals surface area contributed by atoms with Gasteiger partial charge in [-0.1, -0.05) is 29.0 Å². The van der Waals surface area contributed by atoms with Crippen molar-refractivity contribution in [2.24, 2.45) is 0 Å². The van der Waals surface area contributed by atoms with E-state index in [-0.39, 0.29) is 11.4 Å². The van der Waals surface area contributed by atoms with Gasteiger partial charge in [-0.25, -0.2) is 4.39 Å². The Kier molecular flexibility index (Phi) is 5.30. The fourth-order valence-electron chi connectivity index (χ4n) is 1.86. The molecule has 1 N–H and O–H groups in total. The lowest BCUT2D eigenvalue weighted by molar-refractivity contribution is 0.422. The summed E-state index contributed by atoms with van der Waals surface area (Å²) in [5.41, 5.74) is 0.461. The molecule has 2 rings (SSSR count). The molecule has 1 aromatic carbocycles. The van der Waals surface area contributed by atoms with Crippen molar-refractivity contribution in [2.75, 3.05) is 6.54 Å². The number of nitrogens with one attached hydrogen (secondary N) is 1. The van der Waals surface area contributed by atoms with Crippen LogP contribution in [-0.2, 0) is 6.42 Å². The highest BCUT2D eigenvalue weighted by molar-refractivity contribution is 7.14. The highest BCUT2D eigenvalue weighted by Crippen LogP contribution is 2.32. The Hall–Kier alpha value is -1.04. The van der Waals surface area contributed by atoms with Crippen molar-refractivity contribution in [3.05, 3.63) is 34.0 Å². The minimum atomic E-state index is -0.361. The van der Waals surface area contributed by atoms with Crippen molar-refractivity contribution in [2.45, 2.75) is 39.2 Å². The van der Waals surface area contributed by atoms with Crippen LogP contribution >= 0.6 is 22.9 Å². The highest BCUT2D eigenvalue weighted by Gasteiger charge is 2.15. The maximum absolute atomic E-state index is 13.8. The van der Waals surface area contributed by atoms with Gasteiger partial charge < -0.3 is 5.32 Å². The molecule has 0 atom stereocenters. The van der Waals surface area contributed by atoms with Crippen LogP contribution < -0.4 is 5.32 Å². The van der Waals surface area contributed by atoms with E-state index in [4.69, 9.17) is 11.6 Å². The predicted molar refractivity (Wildman–Crippen MR) is 86.4 cm³/mol. The Labute approximate surface area is 133 Å². The molecule has 2 aromatic rings. The second-order valence-corrected chi connectivity index (χ2v) is 7.35.